The van der Waals surface area contributed by atoms with Crippen molar-refractivity contribution in [3.63, 3.8) is 0 Å². The van der Waals surface area contributed by atoms with Crippen molar-refractivity contribution >= 4 is 15.9 Å². The van der Waals surface area contributed by atoms with E-state index in [1.165, 1.54) is 28.4 Å². The third-order valence-corrected chi connectivity index (χ3v) is 3.85. The fourth-order valence-electron chi connectivity index (χ4n) is 1.75. The molecule has 3 heteroatoms. The maximum atomic E-state index is 5.15. The van der Waals surface area contributed by atoms with Gasteiger partial charge in [-0.15, -0.1) is 0 Å². The van der Waals surface area contributed by atoms with Crippen LogP contribution in [0.5, 0.6) is 0 Å². The van der Waals surface area contributed by atoms with E-state index in [9.17, 15) is 0 Å². The molecule has 76 valence electrons. The predicted molar refractivity (Wildman–Crippen MR) is 59.9 cm³/mol. The molecule has 14 heavy (non-hydrogen) atoms. The quantitative estimate of drug-likeness (QED) is 0.844. The van der Waals surface area contributed by atoms with Crippen molar-refractivity contribution in [3.05, 3.63) is 33.8 Å². The van der Waals surface area contributed by atoms with Crippen LogP contribution in [0, 0.1) is 6.92 Å². The molecule has 0 spiro atoms. The van der Waals surface area contributed by atoms with Crippen LogP contribution in [0.15, 0.2) is 22.7 Å². The van der Waals surface area contributed by atoms with E-state index < -0.39 is 0 Å². The largest absolute Gasteiger partial charge is 0.304 e. The van der Waals surface area contributed by atoms with E-state index in [1.54, 1.807) is 0 Å². The molecule has 2 N–H and O–H groups in total. The van der Waals surface area contributed by atoms with Crippen molar-refractivity contribution in [1.29, 1.82) is 0 Å². The van der Waals surface area contributed by atoms with Gasteiger partial charge in [0.25, 0.3) is 0 Å². The van der Waals surface area contributed by atoms with Gasteiger partial charge in [0.1, 0.15) is 0 Å². The molecule has 0 radical (unpaired) electrons. The van der Waals surface area contributed by atoms with Crippen molar-refractivity contribution in [1.82, 2.24) is 0 Å². The molecular weight excluding hydrogens is 242 g/mol. The van der Waals surface area contributed by atoms with Gasteiger partial charge >= 0.3 is 0 Å². The van der Waals surface area contributed by atoms with Gasteiger partial charge in [-0.3, -0.25) is 0 Å². The van der Waals surface area contributed by atoms with Crippen molar-refractivity contribution in [2.24, 2.45) is 5.90 Å². The lowest BCUT2D eigenvalue weighted by Crippen LogP contribution is -2.18. The fourth-order valence-corrected chi connectivity index (χ4v) is 2.13. The van der Waals surface area contributed by atoms with E-state index in [0.29, 0.717) is 6.61 Å². The lowest BCUT2D eigenvalue weighted by Gasteiger charge is -2.14. The van der Waals surface area contributed by atoms with E-state index in [0.717, 1.165) is 0 Å². The standard InChI is InChI=1S/C11H14BrNO/c1-8-2-3-9(6-10(8)12)11(4-5-11)7-14-13/h2-3,6H,4-5,7,13H2,1H3. The van der Waals surface area contributed by atoms with Gasteiger partial charge in [-0.25, -0.2) is 5.90 Å². The molecule has 1 saturated carbocycles. The first-order valence-electron chi connectivity index (χ1n) is 4.76. The third-order valence-electron chi connectivity index (χ3n) is 3.00. The summed E-state index contributed by atoms with van der Waals surface area (Å²) >= 11 is 3.55. The zero-order valence-electron chi connectivity index (χ0n) is 8.22. The molecule has 0 aliphatic heterocycles. The summed E-state index contributed by atoms with van der Waals surface area (Å²) in [6.07, 6.45) is 2.36. The Morgan fingerprint density at radius 1 is 1.50 bits per heavy atom. The lowest BCUT2D eigenvalue weighted by atomic mass is 9.96. The summed E-state index contributed by atoms with van der Waals surface area (Å²) in [4.78, 5) is 4.78. The monoisotopic (exact) mass is 255 g/mol. The van der Waals surface area contributed by atoms with Gasteiger partial charge in [-0.2, -0.15) is 0 Å². The van der Waals surface area contributed by atoms with Gasteiger partial charge in [-0.05, 0) is 37.0 Å². The summed E-state index contributed by atoms with van der Waals surface area (Å²) in [6, 6.07) is 6.49. The molecule has 1 aliphatic rings. The Morgan fingerprint density at radius 2 is 2.21 bits per heavy atom. The fraction of sp³-hybridized carbons (Fsp3) is 0.455. The maximum Gasteiger partial charge on any atom is 0.0775 e. The van der Waals surface area contributed by atoms with E-state index in [1.807, 2.05) is 0 Å². The van der Waals surface area contributed by atoms with Crippen LogP contribution in [-0.2, 0) is 10.3 Å². The minimum atomic E-state index is 0.199. The number of hydrogen-bond acceptors (Lipinski definition) is 2. The second-order valence-corrected chi connectivity index (χ2v) is 4.91. The summed E-state index contributed by atoms with van der Waals surface area (Å²) in [5.74, 6) is 5.15. The first-order valence-corrected chi connectivity index (χ1v) is 5.56. The summed E-state index contributed by atoms with van der Waals surface area (Å²) in [6.45, 7) is 2.72. The van der Waals surface area contributed by atoms with Crippen LogP contribution < -0.4 is 5.90 Å². The van der Waals surface area contributed by atoms with Crippen LogP contribution in [0.25, 0.3) is 0 Å². The Labute approximate surface area is 92.5 Å². The molecule has 1 aromatic rings. The number of nitrogens with two attached hydrogens (primary N) is 1. The Hall–Kier alpha value is -0.380. The third kappa shape index (κ3) is 1.72. The Kier molecular flexibility index (Phi) is 2.64. The maximum absolute atomic E-state index is 5.15. The number of rotatable bonds is 3. The minimum absolute atomic E-state index is 0.199. The van der Waals surface area contributed by atoms with Crippen molar-refractivity contribution in [2.75, 3.05) is 6.61 Å². The molecule has 2 rings (SSSR count). The van der Waals surface area contributed by atoms with Crippen LogP contribution in [0.1, 0.15) is 24.0 Å². The van der Waals surface area contributed by atoms with E-state index in [2.05, 4.69) is 41.1 Å². The Balaban J connectivity index is 2.28. The second kappa shape index (κ2) is 3.65. The summed E-state index contributed by atoms with van der Waals surface area (Å²) in [7, 11) is 0. The molecule has 0 amide bonds. The van der Waals surface area contributed by atoms with E-state index in [-0.39, 0.29) is 5.41 Å². The highest BCUT2D eigenvalue weighted by atomic mass is 79.9. The molecule has 1 fully saturated rings. The van der Waals surface area contributed by atoms with Crippen molar-refractivity contribution < 1.29 is 4.84 Å². The van der Waals surface area contributed by atoms with E-state index >= 15 is 0 Å². The highest BCUT2D eigenvalue weighted by molar-refractivity contribution is 9.10. The van der Waals surface area contributed by atoms with E-state index in [4.69, 9.17) is 10.7 Å². The normalized spacial score (nSPS) is 18.2. The van der Waals surface area contributed by atoms with Gasteiger partial charge in [-0.1, -0.05) is 28.1 Å². The van der Waals surface area contributed by atoms with Crippen LogP contribution in [0.3, 0.4) is 0 Å². The Bertz CT molecular complexity index is 347. The Morgan fingerprint density at radius 3 is 2.71 bits per heavy atom. The van der Waals surface area contributed by atoms with Gasteiger partial charge in [0, 0.05) is 9.89 Å². The highest BCUT2D eigenvalue weighted by Crippen LogP contribution is 2.48. The summed E-state index contributed by atoms with van der Waals surface area (Å²) in [5.41, 5.74) is 2.80. The lowest BCUT2D eigenvalue weighted by molar-refractivity contribution is 0.116. The molecule has 0 bridgehead atoms. The predicted octanol–water partition coefficient (Wildman–Crippen LogP) is 2.68. The first-order chi connectivity index (χ1) is 6.68. The zero-order chi connectivity index (χ0) is 10.2. The molecule has 0 atom stereocenters. The smallest absolute Gasteiger partial charge is 0.0775 e. The molecule has 0 aromatic heterocycles. The summed E-state index contributed by atoms with van der Waals surface area (Å²) < 4.78 is 1.17. The van der Waals surface area contributed by atoms with Crippen LogP contribution in [0.4, 0.5) is 0 Å². The average Bonchev–Trinajstić information content (AvgIpc) is 2.91. The highest BCUT2D eigenvalue weighted by Gasteiger charge is 2.44. The van der Waals surface area contributed by atoms with Crippen LogP contribution in [0.2, 0.25) is 0 Å². The van der Waals surface area contributed by atoms with Gasteiger partial charge in [0.15, 0.2) is 0 Å². The topological polar surface area (TPSA) is 35.2 Å². The number of hydrogen-bond donors (Lipinski definition) is 1. The molecular formula is C11H14BrNO. The molecule has 0 heterocycles. The van der Waals surface area contributed by atoms with Crippen LogP contribution in [-0.4, -0.2) is 6.61 Å². The van der Waals surface area contributed by atoms with Crippen molar-refractivity contribution in [2.45, 2.75) is 25.2 Å². The van der Waals surface area contributed by atoms with Gasteiger partial charge in [0.2, 0.25) is 0 Å². The molecule has 0 unspecified atom stereocenters. The number of benzene rings is 1. The minimum Gasteiger partial charge on any atom is -0.304 e. The second-order valence-electron chi connectivity index (χ2n) is 4.06. The molecule has 1 aromatic carbocycles. The number of halogens is 1. The molecule has 2 nitrogen and oxygen atoms in total. The SMILES string of the molecule is Cc1ccc(C2(CON)CC2)cc1Br. The summed E-state index contributed by atoms with van der Waals surface area (Å²) in [5, 5.41) is 0. The van der Waals surface area contributed by atoms with Gasteiger partial charge < -0.3 is 4.84 Å². The first kappa shape index (κ1) is 10.1. The van der Waals surface area contributed by atoms with Gasteiger partial charge in [0.05, 0.1) is 6.61 Å². The van der Waals surface area contributed by atoms with Crippen LogP contribution >= 0.6 is 15.9 Å². The van der Waals surface area contributed by atoms with Crippen molar-refractivity contribution in [3.8, 4) is 0 Å². The average molecular weight is 256 g/mol. The molecule has 1 aliphatic carbocycles. The number of aryl methyl sites for hydroxylation is 1. The zero-order valence-corrected chi connectivity index (χ0v) is 9.80. The molecule has 0 saturated heterocycles.